The average Bonchev–Trinajstić information content (AvgIpc) is 0.824. The Bertz CT molecular complexity index is 7290. The first-order valence-electron chi connectivity index (χ1n) is 47.9. The highest BCUT2D eigenvalue weighted by Gasteiger charge is 2.47. The number of aromatic nitrogens is 4. The molecule has 0 bridgehead atoms. The number of hydrogen-bond donors (Lipinski definition) is 0. The van der Waals surface area contributed by atoms with Crippen molar-refractivity contribution in [3.63, 3.8) is 0 Å². The van der Waals surface area contributed by atoms with E-state index in [1.54, 1.807) is 0 Å². The molecule has 4 heterocycles. The zero-order valence-corrected chi connectivity index (χ0v) is 70.6. The molecule has 0 saturated heterocycles. The van der Waals surface area contributed by atoms with Gasteiger partial charge in [-0.15, -0.1) is 0 Å². The summed E-state index contributed by atoms with van der Waals surface area (Å²) in [5.74, 6) is -0.806. The van der Waals surface area contributed by atoms with Crippen LogP contribution in [0, 0.1) is 0 Å². The van der Waals surface area contributed by atoms with Crippen LogP contribution in [0.25, 0.3) is 117 Å². The van der Waals surface area contributed by atoms with Crippen molar-refractivity contribution >= 4 is 79.0 Å². The van der Waals surface area contributed by atoms with Crippen LogP contribution in [-0.4, -0.2) is 26.2 Å². The molecule has 2 aromatic heterocycles. The molecule has 0 fully saturated rings. The van der Waals surface area contributed by atoms with E-state index in [1.807, 2.05) is 54.6 Å². The van der Waals surface area contributed by atoms with Crippen LogP contribution >= 0.6 is 0 Å². The molecule has 0 unspecified atom stereocenters. The molecule has 118 heavy (non-hydrogen) atoms. The van der Waals surface area contributed by atoms with E-state index in [2.05, 4.69) is 303 Å². The van der Waals surface area contributed by atoms with Gasteiger partial charge in [-0.2, -0.15) is 0 Å². The summed E-state index contributed by atoms with van der Waals surface area (Å²) in [6, 6.07) is 71.8. The summed E-state index contributed by atoms with van der Waals surface area (Å²) in [7, 11) is 0. The minimum atomic E-state index is -0.725. The zero-order valence-electron chi connectivity index (χ0n) is 84.6. The Morgan fingerprint density at radius 3 is 1.10 bits per heavy atom. The largest absolute Gasteiger partial charge is 0.310 e. The Labute approximate surface area is 718 Å². The van der Waals surface area contributed by atoms with E-state index in [1.165, 1.54) is 17.2 Å². The minimum Gasteiger partial charge on any atom is -0.310 e. The molecule has 2 aliphatic rings. The number of benzene rings is 14. The minimum absolute atomic E-state index is 0.0436. The second-order valence-corrected chi connectivity index (χ2v) is 38.0. The van der Waals surface area contributed by atoms with Gasteiger partial charge in [0.1, 0.15) is 0 Å². The molecule has 582 valence electrons. The lowest BCUT2D eigenvalue weighted by atomic mass is 9.33. The fourth-order valence-corrected chi connectivity index (χ4v) is 17.0. The highest BCUT2D eigenvalue weighted by atomic mass is 15.2. The molecular formula is C111H105BN6. The van der Waals surface area contributed by atoms with Crippen LogP contribution in [0.2, 0.25) is 0 Å². The van der Waals surface area contributed by atoms with Gasteiger partial charge in [-0.25, -0.2) is 15.0 Å². The topological polar surface area (TPSA) is 50.1 Å². The van der Waals surface area contributed by atoms with Crippen LogP contribution in [0.1, 0.15) is 177 Å². The number of nitrogens with zero attached hydrogens (tertiary/aromatic N) is 6. The van der Waals surface area contributed by atoms with Crippen molar-refractivity contribution in [2.24, 2.45) is 0 Å². The van der Waals surface area contributed by atoms with Crippen LogP contribution in [0.15, 0.2) is 309 Å². The van der Waals surface area contributed by atoms with E-state index in [-0.39, 0.29) is 39.4 Å². The summed E-state index contributed by atoms with van der Waals surface area (Å²) >= 11 is 0. The molecule has 6 nitrogen and oxygen atoms in total. The molecule has 0 saturated carbocycles. The maximum atomic E-state index is 9.92. The van der Waals surface area contributed by atoms with Gasteiger partial charge in [-0.3, -0.25) is 0 Å². The van der Waals surface area contributed by atoms with Crippen molar-refractivity contribution in [1.29, 1.82) is 0 Å². The first-order chi connectivity index (χ1) is 62.1. The monoisotopic (exact) mass is 1550 g/mol. The standard InChI is InChI=1S/C111H105BN6/c1-106(2,3)79-50-55-94-89(63-79)90-64-80(107(4,5)6)51-56-95(90)116(94)85-52-54-93-97(69-85)118(101-86(71-39-27-20-28-40-71)65-83(110(13,14)15)66-87(101)72-41-29-21-30-42-72)99-61-78(77-57-81(108(7,8)9)62-82(58-77)109(10,11)12)60-98-100(99)112(93)92-53-49-76(70-37-25-19-26-38-70)59-96(92)117(98)102-88(73-43-31-22-32-44-73)67-84(111(16,17)18)68-91(102)105-114-103(74-45-33-23-34-46-74)113-104(115-105)75-47-35-24-36-48-75/h19-69H,1-18H3/i19D,23D,24D,25D,26D,33D,34D,35D,36D,37D,38D,45D,46D,47D. The maximum Gasteiger partial charge on any atom is 0.252 e. The van der Waals surface area contributed by atoms with E-state index < -0.39 is 119 Å². The molecule has 16 aromatic rings. The summed E-state index contributed by atoms with van der Waals surface area (Å²) in [6.07, 6.45) is 0. The molecule has 14 aromatic carbocycles. The number of fused-ring (bicyclic) bond motifs is 7. The van der Waals surface area contributed by atoms with Crippen molar-refractivity contribution in [3.8, 4) is 95.5 Å². The van der Waals surface area contributed by atoms with Crippen molar-refractivity contribution in [2.45, 2.75) is 157 Å². The molecule has 18 rings (SSSR count). The van der Waals surface area contributed by atoms with Gasteiger partial charge < -0.3 is 14.4 Å². The molecule has 0 aliphatic carbocycles. The molecule has 0 spiro atoms. The van der Waals surface area contributed by atoms with Crippen molar-refractivity contribution < 1.29 is 19.2 Å². The summed E-state index contributed by atoms with van der Waals surface area (Å²) in [4.78, 5) is 20.5. The Kier molecular flexibility index (Phi) is 15.1. The fraction of sp³-hybridized carbons (Fsp3) is 0.216. The predicted octanol–water partition coefficient (Wildman–Crippen LogP) is 28.2. The number of hydrogen-bond acceptors (Lipinski definition) is 5. The van der Waals surface area contributed by atoms with Crippen LogP contribution < -0.4 is 26.2 Å². The van der Waals surface area contributed by atoms with E-state index in [4.69, 9.17) is 20.4 Å². The average molecular weight is 1550 g/mol. The van der Waals surface area contributed by atoms with Crippen LogP contribution in [0.5, 0.6) is 0 Å². The van der Waals surface area contributed by atoms with Crippen LogP contribution in [0.3, 0.4) is 0 Å². The van der Waals surface area contributed by atoms with Crippen LogP contribution in [-0.2, 0) is 32.5 Å². The predicted molar refractivity (Wildman–Crippen MR) is 504 cm³/mol. The van der Waals surface area contributed by atoms with Gasteiger partial charge in [0, 0.05) is 72.6 Å². The SMILES string of the molecule is [2H]c1cc(-c2nc(-c3cc(C(C)(C)C)cc(-c4ccccc4)c3N3c4cc(-c5c([2H])c([2H])c([2H])c([2H])c5[2H])ccc4B4c5ccc(-n6c7ccc(C(C)(C)C)cc7c7cc(C(C)(C)C)ccc76)cc5N(c5c(-c6ccccc6)cc(C(C)(C)C)cc5-c5ccccc5)c5cc(-c6cc(C(C)(C)C)cc(C(C)(C)C)c6)cc3c54)nc(-c3c([2H])c([2H])c([2H])c([2H])c3[2H])n2)c([2H])c([2H])c1[2H]. The van der Waals surface area contributed by atoms with E-state index in [0.29, 0.717) is 39.3 Å². The van der Waals surface area contributed by atoms with Gasteiger partial charge in [-0.1, -0.05) is 355 Å². The van der Waals surface area contributed by atoms with Gasteiger partial charge >= 0.3 is 0 Å². The molecule has 2 aliphatic heterocycles. The lowest BCUT2D eigenvalue weighted by molar-refractivity contribution is 0.569. The summed E-state index contributed by atoms with van der Waals surface area (Å²) < 4.78 is 134. The van der Waals surface area contributed by atoms with E-state index in [9.17, 15) is 13.7 Å². The third-order valence-electron chi connectivity index (χ3n) is 23.6. The zero-order chi connectivity index (χ0) is 94.5. The van der Waals surface area contributed by atoms with Crippen molar-refractivity contribution in [2.75, 3.05) is 9.80 Å². The lowest BCUT2D eigenvalue weighted by Crippen LogP contribution is -2.61. The van der Waals surface area contributed by atoms with Gasteiger partial charge in [-0.05, 0) is 200 Å². The highest BCUT2D eigenvalue weighted by molar-refractivity contribution is 7.00. The molecule has 0 radical (unpaired) electrons. The van der Waals surface area contributed by atoms with Gasteiger partial charge in [0.25, 0.3) is 6.71 Å². The van der Waals surface area contributed by atoms with Gasteiger partial charge in [0.15, 0.2) is 17.5 Å². The normalized spacial score (nSPS) is 14.8. The Hall–Kier alpha value is -12.4. The maximum absolute atomic E-state index is 9.92. The summed E-state index contributed by atoms with van der Waals surface area (Å²) in [5.41, 5.74) is 20.6. The fourth-order valence-electron chi connectivity index (χ4n) is 17.0. The summed E-state index contributed by atoms with van der Waals surface area (Å²) in [5, 5.41) is 2.24. The molecule has 0 atom stereocenters. The van der Waals surface area contributed by atoms with Crippen molar-refractivity contribution in [3.05, 3.63) is 342 Å². The number of rotatable bonds is 11. The first-order valence-corrected chi connectivity index (χ1v) is 40.9. The molecular weight excluding hydrogens is 1430 g/mol. The third kappa shape index (κ3) is 13.9. The van der Waals surface area contributed by atoms with Crippen molar-refractivity contribution in [1.82, 2.24) is 19.5 Å². The Balaban J connectivity index is 1.09. The van der Waals surface area contributed by atoms with E-state index in [0.717, 1.165) is 117 Å². The lowest BCUT2D eigenvalue weighted by Gasteiger charge is -2.46. The van der Waals surface area contributed by atoms with Gasteiger partial charge in [0.05, 0.1) is 41.6 Å². The van der Waals surface area contributed by atoms with Crippen LogP contribution in [0.4, 0.5) is 34.1 Å². The smallest absolute Gasteiger partial charge is 0.252 e. The quantitative estimate of drug-likeness (QED) is 0.121. The first kappa shape index (κ1) is 61.9. The molecule has 7 heteroatoms. The molecule has 0 amide bonds. The Morgan fingerprint density at radius 2 is 0.636 bits per heavy atom. The second-order valence-electron chi connectivity index (χ2n) is 38.0. The third-order valence-corrected chi connectivity index (χ3v) is 23.6. The second kappa shape index (κ2) is 28.7. The number of anilines is 6. The summed E-state index contributed by atoms with van der Waals surface area (Å²) in [6.45, 7) is 39.3. The Morgan fingerprint density at radius 1 is 0.263 bits per heavy atom. The van der Waals surface area contributed by atoms with Gasteiger partial charge in [0.2, 0.25) is 0 Å². The van der Waals surface area contributed by atoms with E-state index >= 15 is 0 Å². The molecule has 0 N–H and O–H groups in total. The highest BCUT2D eigenvalue weighted by Crippen LogP contribution is 2.56.